The first-order valence-corrected chi connectivity index (χ1v) is 15.9. The van der Waals surface area contributed by atoms with Crippen LogP contribution in [0.15, 0.2) is 41.4 Å². The summed E-state index contributed by atoms with van der Waals surface area (Å²) in [5.74, 6) is 0.688. The number of ether oxygens (including phenoxy) is 2. The maximum absolute atomic E-state index is 14.8. The minimum atomic E-state index is -1.57. The molecule has 11 nitrogen and oxygen atoms in total. The van der Waals surface area contributed by atoms with Crippen LogP contribution in [0.3, 0.4) is 0 Å². The lowest BCUT2D eigenvalue weighted by molar-refractivity contribution is -0.152. The van der Waals surface area contributed by atoms with E-state index in [2.05, 4.69) is 38.2 Å². The zero-order chi connectivity index (χ0) is 31.4. The first-order valence-electron chi connectivity index (χ1n) is 15.1. The molecule has 0 saturated heterocycles. The van der Waals surface area contributed by atoms with Gasteiger partial charge in [-0.2, -0.15) is 14.9 Å². The van der Waals surface area contributed by atoms with Gasteiger partial charge in [0.05, 0.1) is 41.8 Å². The Bertz CT molecular complexity index is 1500. The second-order valence-electron chi connectivity index (χ2n) is 11.2. The molecule has 1 fully saturated rings. The third-order valence-corrected chi connectivity index (χ3v) is 9.28. The van der Waals surface area contributed by atoms with Crippen LogP contribution in [0.4, 0.5) is 10.2 Å². The van der Waals surface area contributed by atoms with Gasteiger partial charge in [0, 0.05) is 55.5 Å². The van der Waals surface area contributed by atoms with Crippen LogP contribution < -0.4 is 5.32 Å². The quantitative estimate of drug-likeness (QED) is 0.269. The largest absolute Gasteiger partial charge is 0.464 e. The molecular formula is C31H39BrFN7O4. The lowest BCUT2D eigenvalue weighted by atomic mass is 9.76. The van der Waals surface area contributed by atoms with Crippen molar-refractivity contribution in [2.24, 2.45) is 11.8 Å². The number of nitrogens with zero attached hydrogens (tertiary/aromatic N) is 6. The maximum atomic E-state index is 14.8. The zero-order valence-electron chi connectivity index (χ0n) is 25.5. The molecule has 0 spiro atoms. The highest BCUT2D eigenvalue weighted by atomic mass is 79.9. The summed E-state index contributed by atoms with van der Waals surface area (Å²) in [6, 6.07) is 3.94. The van der Waals surface area contributed by atoms with Gasteiger partial charge in [0.25, 0.3) is 0 Å². The minimum absolute atomic E-state index is 0.0337. The van der Waals surface area contributed by atoms with Crippen LogP contribution in [-0.4, -0.2) is 80.4 Å². The molecule has 1 saturated carbocycles. The van der Waals surface area contributed by atoms with Crippen LogP contribution in [0.25, 0.3) is 28.2 Å². The molecule has 0 radical (unpaired) electrons. The standard InChI is InChI=1S/C31H39BrFN7O4/c1-5-38(4)30-26(32)28(21-9-7-20(8-10-21)27(33)31(42)43-6-2)37-29-24(17-36-40(29)30)22-11-12-25(34-15-22)23-16-35-39(18-23)13-14-44-19(3)41/h11-12,15-18,20-21,27-28,37H,5-10,13-14H2,1-4H3. The van der Waals surface area contributed by atoms with Gasteiger partial charge in [-0.05, 0) is 67.4 Å². The van der Waals surface area contributed by atoms with Crippen LogP contribution in [-0.2, 0) is 25.6 Å². The van der Waals surface area contributed by atoms with Crippen molar-refractivity contribution >= 4 is 39.5 Å². The molecule has 2 unspecified atom stereocenters. The first kappa shape index (κ1) is 31.7. The summed E-state index contributed by atoms with van der Waals surface area (Å²) in [5.41, 5.74) is 3.48. The van der Waals surface area contributed by atoms with Gasteiger partial charge in [0.1, 0.15) is 18.2 Å². The van der Waals surface area contributed by atoms with Gasteiger partial charge >= 0.3 is 11.9 Å². The smallest absolute Gasteiger partial charge is 0.341 e. The van der Waals surface area contributed by atoms with Crippen LogP contribution in [0, 0.1) is 11.8 Å². The summed E-state index contributed by atoms with van der Waals surface area (Å²) < 4.78 is 29.4. The number of fused-ring (bicyclic) bond motifs is 1. The Balaban J connectivity index is 1.35. The molecule has 4 heterocycles. The Hall–Kier alpha value is -3.74. The van der Waals surface area contributed by atoms with E-state index >= 15 is 0 Å². The number of carbonyl (C=O) groups excluding carboxylic acids is 2. The van der Waals surface area contributed by atoms with Crippen LogP contribution in [0.2, 0.25) is 0 Å². The van der Waals surface area contributed by atoms with E-state index in [1.165, 1.54) is 6.92 Å². The molecule has 0 aromatic carbocycles. The lowest BCUT2D eigenvalue weighted by Crippen LogP contribution is -2.40. The molecule has 3 aromatic heterocycles. The number of halogens is 2. The molecule has 0 bridgehead atoms. The number of anilines is 1. The van der Waals surface area contributed by atoms with Crippen molar-refractivity contribution in [1.29, 1.82) is 0 Å². The monoisotopic (exact) mass is 671 g/mol. The number of hydrogen-bond acceptors (Lipinski definition) is 9. The Labute approximate surface area is 264 Å². The lowest BCUT2D eigenvalue weighted by Gasteiger charge is -2.39. The summed E-state index contributed by atoms with van der Waals surface area (Å²) in [6.45, 7) is 6.87. The summed E-state index contributed by atoms with van der Waals surface area (Å²) in [7, 11) is 2.04. The van der Waals surface area contributed by atoms with Crippen molar-refractivity contribution in [3.8, 4) is 22.4 Å². The van der Waals surface area contributed by atoms with Crippen LogP contribution in [0.1, 0.15) is 46.5 Å². The van der Waals surface area contributed by atoms with Crippen molar-refractivity contribution in [1.82, 2.24) is 29.4 Å². The molecule has 2 aliphatic rings. The van der Waals surface area contributed by atoms with Crippen molar-refractivity contribution in [3.05, 3.63) is 41.4 Å². The van der Waals surface area contributed by atoms with Gasteiger partial charge in [-0.15, -0.1) is 0 Å². The number of esters is 2. The number of hydrogen-bond donors (Lipinski definition) is 1. The van der Waals surface area contributed by atoms with E-state index in [-0.39, 0.29) is 37.1 Å². The summed E-state index contributed by atoms with van der Waals surface area (Å²) in [4.78, 5) is 29.9. The fourth-order valence-corrected chi connectivity index (χ4v) is 6.90. The molecular weight excluding hydrogens is 633 g/mol. The highest BCUT2D eigenvalue weighted by Crippen LogP contribution is 2.44. The topological polar surface area (TPSA) is 116 Å². The minimum Gasteiger partial charge on any atom is -0.464 e. The van der Waals surface area contributed by atoms with E-state index in [4.69, 9.17) is 19.6 Å². The van der Waals surface area contributed by atoms with E-state index in [0.29, 0.717) is 19.4 Å². The molecule has 2 atom stereocenters. The molecule has 3 aromatic rings. The maximum Gasteiger partial charge on any atom is 0.341 e. The van der Waals surface area contributed by atoms with Crippen molar-refractivity contribution in [3.63, 3.8) is 0 Å². The van der Waals surface area contributed by atoms with Crippen LogP contribution >= 0.6 is 15.9 Å². The molecule has 236 valence electrons. The Morgan fingerprint density at radius 3 is 2.55 bits per heavy atom. The third-order valence-electron chi connectivity index (χ3n) is 8.43. The summed E-state index contributed by atoms with van der Waals surface area (Å²) in [5, 5.41) is 12.8. The molecule has 5 rings (SSSR count). The van der Waals surface area contributed by atoms with E-state index in [0.717, 1.165) is 57.9 Å². The van der Waals surface area contributed by atoms with E-state index in [1.807, 2.05) is 42.5 Å². The van der Waals surface area contributed by atoms with E-state index < -0.39 is 12.1 Å². The molecule has 44 heavy (non-hydrogen) atoms. The Morgan fingerprint density at radius 1 is 1.11 bits per heavy atom. The van der Waals surface area contributed by atoms with Gasteiger partial charge in [-0.25, -0.2) is 9.18 Å². The van der Waals surface area contributed by atoms with Crippen molar-refractivity contribution in [2.75, 3.05) is 32.1 Å². The number of aromatic nitrogens is 5. The van der Waals surface area contributed by atoms with E-state index in [9.17, 15) is 14.0 Å². The number of carbonyl (C=O) groups is 2. The van der Waals surface area contributed by atoms with Crippen molar-refractivity contribution < 1.29 is 23.5 Å². The number of rotatable bonds is 11. The number of nitrogens with one attached hydrogen (secondary N) is 1. The Kier molecular flexibility index (Phi) is 10.0. The first-order chi connectivity index (χ1) is 21.2. The second kappa shape index (κ2) is 13.9. The normalized spacial score (nSPS) is 20.5. The average molecular weight is 673 g/mol. The predicted molar refractivity (Wildman–Crippen MR) is 168 cm³/mol. The predicted octanol–water partition coefficient (Wildman–Crippen LogP) is 5.35. The number of alkyl halides is 1. The number of pyridine rings is 1. The van der Waals surface area contributed by atoms with Gasteiger partial charge < -0.3 is 19.7 Å². The van der Waals surface area contributed by atoms with Gasteiger partial charge in [0.2, 0.25) is 0 Å². The van der Waals surface area contributed by atoms with Gasteiger partial charge in [-0.1, -0.05) is 6.07 Å². The molecule has 1 N–H and O–H groups in total. The average Bonchev–Trinajstić information content (AvgIpc) is 3.67. The summed E-state index contributed by atoms with van der Waals surface area (Å²) >= 11 is 3.90. The third kappa shape index (κ3) is 6.67. The molecule has 13 heteroatoms. The highest BCUT2D eigenvalue weighted by molar-refractivity contribution is 9.11. The Morgan fingerprint density at radius 2 is 1.89 bits per heavy atom. The van der Waals surface area contributed by atoms with Gasteiger partial charge in [-0.3, -0.25) is 14.5 Å². The fraction of sp³-hybridized carbons (Fsp3) is 0.516. The highest BCUT2D eigenvalue weighted by Gasteiger charge is 2.39. The zero-order valence-corrected chi connectivity index (χ0v) is 27.1. The van der Waals surface area contributed by atoms with Gasteiger partial charge in [0.15, 0.2) is 6.17 Å². The molecule has 1 aliphatic carbocycles. The molecule has 0 amide bonds. The van der Waals surface area contributed by atoms with E-state index in [1.54, 1.807) is 17.8 Å². The van der Waals surface area contributed by atoms with Crippen molar-refractivity contribution in [2.45, 2.75) is 65.2 Å². The van der Waals surface area contributed by atoms with Crippen LogP contribution in [0.5, 0.6) is 0 Å². The SMILES string of the molecule is CCOC(=O)C(F)C1CCC(C2Nc3c(-c4ccc(-c5cnn(CCOC(C)=O)c5)nc4)cnn3C(N(C)CC)=C2Br)CC1. The summed E-state index contributed by atoms with van der Waals surface area (Å²) in [6.07, 6.45) is 8.55. The second-order valence-corrected chi connectivity index (χ2v) is 12.1. The molecule has 1 aliphatic heterocycles. The fourth-order valence-electron chi connectivity index (χ4n) is 5.94.